The molecular weight excluding hydrogens is 367 g/mol. The van der Waals surface area contributed by atoms with E-state index in [0.717, 1.165) is 51.3 Å². The number of phenolic OH excluding ortho intramolecular Hbond substituents is 1. The summed E-state index contributed by atoms with van der Waals surface area (Å²) < 4.78 is 13.8. The zero-order valence-corrected chi connectivity index (χ0v) is 16.8. The van der Waals surface area contributed by atoms with Crippen LogP contribution in [-0.4, -0.2) is 48.4 Å². The molecule has 3 aliphatic rings. The summed E-state index contributed by atoms with van der Waals surface area (Å²) in [6, 6.07) is 9.23. The van der Waals surface area contributed by atoms with E-state index in [2.05, 4.69) is 26.8 Å². The molecule has 3 saturated heterocycles. The number of aromatic hydroxyl groups is 1. The molecule has 2 aromatic rings. The molecule has 0 saturated carbocycles. The molecule has 2 atom stereocenters. The van der Waals surface area contributed by atoms with Crippen molar-refractivity contribution in [2.75, 3.05) is 40.9 Å². The Morgan fingerprint density at radius 2 is 1.69 bits per heavy atom. The number of hydrogen-bond donors (Lipinski definition) is 1. The molecule has 5 rings (SSSR count). The maximum Gasteiger partial charge on any atom is 0.139 e. The van der Waals surface area contributed by atoms with Crippen LogP contribution in [0.3, 0.4) is 0 Å². The average Bonchev–Trinajstić information content (AvgIpc) is 3.21. The first-order valence-electron chi connectivity index (χ1n) is 10.9. The molecule has 0 amide bonds. The summed E-state index contributed by atoms with van der Waals surface area (Å²) in [6.45, 7) is 4.05. The van der Waals surface area contributed by atoms with Gasteiger partial charge >= 0.3 is 0 Å². The highest BCUT2D eigenvalue weighted by Gasteiger charge is 2.41. The minimum Gasteiger partial charge on any atom is -0.506 e. The number of hydrogen-bond acceptors (Lipinski definition) is 5. The Balaban J connectivity index is 1.39. The van der Waals surface area contributed by atoms with Crippen LogP contribution in [0.5, 0.6) is 5.75 Å². The van der Waals surface area contributed by atoms with E-state index in [1.165, 1.54) is 43.1 Å². The maximum atomic E-state index is 13.8. The normalized spacial score (nSPS) is 24.7. The van der Waals surface area contributed by atoms with Crippen molar-refractivity contribution < 1.29 is 9.50 Å². The number of halogens is 1. The summed E-state index contributed by atoms with van der Waals surface area (Å²) >= 11 is 0. The number of benzene rings is 1. The highest BCUT2D eigenvalue weighted by Crippen LogP contribution is 2.40. The summed E-state index contributed by atoms with van der Waals surface area (Å²) in [6.07, 6.45) is 8.91. The Bertz CT molecular complexity index is 870. The zero-order valence-electron chi connectivity index (χ0n) is 16.8. The molecule has 0 spiro atoms. The Morgan fingerprint density at radius 3 is 2.55 bits per heavy atom. The Labute approximate surface area is 171 Å². The number of pyridine rings is 1. The first-order valence-corrected chi connectivity index (χ1v) is 10.9. The minimum absolute atomic E-state index is 0.163. The summed E-state index contributed by atoms with van der Waals surface area (Å²) in [7, 11) is 0. The third kappa shape index (κ3) is 3.49. The second-order valence-electron chi connectivity index (χ2n) is 8.51. The number of phenols is 1. The monoisotopic (exact) mass is 396 g/mol. The summed E-state index contributed by atoms with van der Waals surface area (Å²) in [5.41, 5.74) is 1.89. The third-order valence-electron chi connectivity index (χ3n) is 6.80. The largest absolute Gasteiger partial charge is 0.506 e. The summed E-state index contributed by atoms with van der Waals surface area (Å²) in [4.78, 5) is 11.8. The lowest BCUT2D eigenvalue weighted by atomic mass is 9.96. The first-order chi connectivity index (χ1) is 14.2. The van der Waals surface area contributed by atoms with Crippen molar-refractivity contribution >= 4 is 17.2 Å². The fraction of sp³-hybridized carbons (Fsp3) is 0.522. The van der Waals surface area contributed by atoms with E-state index in [9.17, 15) is 9.50 Å². The number of fused-ring (bicyclic) bond motifs is 1. The molecule has 0 bridgehead atoms. The summed E-state index contributed by atoms with van der Waals surface area (Å²) in [5.74, 6) is 0.910. The molecule has 6 heteroatoms. The SMILES string of the molecule is Oc1ccc(F)cc1N1CCC[C@H]2[C@@H]1CCN2c1cc(N2CCCCC2)ccn1. The van der Waals surface area contributed by atoms with Crippen LogP contribution in [0.1, 0.15) is 38.5 Å². The van der Waals surface area contributed by atoms with Crippen LogP contribution in [0, 0.1) is 5.82 Å². The van der Waals surface area contributed by atoms with Gasteiger partial charge in [0.05, 0.1) is 17.8 Å². The van der Waals surface area contributed by atoms with Gasteiger partial charge in [-0.3, -0.25) is 0 Å². The highest BCUT2D eigenvalue weighted by molar-refractivity contribution is 5.61. The van der Waals surface area contributed by atoms with E-state index in [1.807, 2.05) is 6.20 Å². The predicted molar refractivity (Wildman–Crippen MR) is 114 cm³/mol. The lowest BCUT2D eigenvalue weighted by Crippen LogP contribution is -2.50. The molecule has 154 valence electrons. The fourth-order valence-electron chi connectivity index (χ4n) is 5.41. The van der Waals surface area contributed by atoms with Gasteiger partial charge in [0.1, 0.15) is 17.4 Å². The molecule has 0 unspecified atom stereocenters. The molecule has 3 aliphatic heterocycles. The summed E-state index contributed by atoms with van der Waals surface area (Å²) in [5, 5.41) is 10.3. The molecule has 1 aromatic carbocycles. The van der Waals surface area contributed by atoms with Crippen LogP contribution >= 0.6 is 0 Å². The van der Waals surface area contributed by atoms with Crippen molar-refractivity contribution in [2.24, 2.45) is 0 Å². The van der Waals surface area contributed by atoms with E-state index < -0.39 is 0 Å². The highest BCUT2D eigenvalue weighted by atomic mass is 19.1. The van der Waals surface area contributed by atoms with Gasteiger partial charge in [-0.15, -0.1) is 0 Å². The molecule has 4 heterocycles. The van der Waals surface area contributed by atoms with Gasteiger partial charge in [0, 0.05) is 50.2 Å². The number of nitrogens with zero attached hydrogens (tertiary/aromatic N) is 4. The van der Waals surface area contributed by atoms with Gasteiger partial charge in [-0.1, -0.05) is 0 Å². The van der Waals surface area contributed by atoms with Crippen molar-refractivity contribution in [2.45, 2.75) is 50.6 Å². The van der Waals surface area contributed by atoms with Crippen LogP contribution in [0.15, 0.2) is 36.5 Å². The molecule has 1 aromatic heterocycles. The molecular formula is C23H29FN4O. The van der Waals surface area contributed by atoms with Crippen LogP contribution in [0.4, 0.5) is 21.6 Å². The van der Waals surface area contributed by atoms with Gasteiger partial charge in [-0.2, -0.15) is 0 Å². The molecule has 0 radical (unpaired) electrons. The fourth-order valence-corrected chi connectivity index (χ4v) is 5.41. The number of rotatable bonds is 3. The lowest BCUT2D eigenvalue weighted by Gasteiger charge is -2.42. The molecule has 0 aliphatic carbocycles. The first kappa shape index (κ1) is 18.5. The zero-order chi connectivity index (χ0) is 19.8. The Hall–Kier alpha value is -2.50. The van der Waals surface area contributed by atoms with Crippen molar-refractivity contribution in [3.05, 3.63) is 42.3 Å². The van der Waals surface area contributed by atoms with Crippen LogP contribution < -0.4 is 14.7 Å². The van der Waals surface area contributed by atoms with Gasteiger partial charge < -0.3 is 19.8 Å². The lowest BCUT2D eigenvalue weighted by molar-refractivity contribution is 0.419. The van der Waals surface area contributed by atoms with Crippen LogP contribution in [-0.2, 0) is 0 Å². The van der Waals surface area contributed by atoms with Crippen LogP contribution in [0.2, 0.25) is 0 Å². The smallest absolute Gasteiger partial charge is 0.139 e. The molecule has 5 nitrogen and oxygen atoms in total. The molecule has 3 fully saturated rings. The van der Waals surface area contributed by atoms with E-state index in [1.54, 1.807) is 0 Å². The molecule has 1 N–H and O–H groups in total. The van der Waals surface area contributed by atoms with E-state index in [0.29, 0.717) is 11.7 Å². The maximum absolute atomic E-state index is 13.8. The minimum atomic E-state index is -0.300. The van der Waals surface area contributed by atoms with Crippen molar-refractivity contribution in [1.29, 1.82) is 0 Å². The van der Waals surface area contributed by atoms with Gasteiger partial charge in [-0.05, 0) is 56.7 Å². The van der Waals surface area contributed by atoms with Crippen LogP contribution in [0.25, 0.3) is 0 Å². The van der Waals surface area contributed by atoms with Crippen molar-refractivity contribution in [3.63, 3.8) is 0 Å². The van der Waals surface area contributed by atoms with Gasteiger partial charge in [0.25, 0.3) is 0 Å². The van der Waals surface area contributed by atoms with Crippen molar-refractivity contribution in [3.8, 4) is 5.75 Å². The second kappa shape index (κ2) is 7.73. The van der Waals surface area contributed by atoms with Gasteiger partial charge in [0.2, 0.25) is 0 Å². The number of anilines is 3. The number of piperidine rings is 2. The molecule has 29 heavy (non-hydrogen) atoms. The quantitative estimate of drug-likeness (QED) is 0.844. The van der Waals surface area contributed by atoms with E-state index in [-0.39, 0.29) is 17.6 Å². The van der Waals surface area contributed by atoms with E-state index in [4.69, 9.17) is 4.98 Å². The topological polar surface area (TPSA) is 42.8 Å². The average molecular weight is 397 g/mol. The second-order valence-corrected chi connectivity index (χ2v) is 8.51. The Kier molecular flexibility index (Phi) is 4.94. The standard InChI is InChI=1S/C23H29FN4O/c24-17-6-7-22(29)21(15-17)27-13-4-5-19-20(27)9-14-28(19)23-16-18(8-10-25-23)26-11-2-1-3-12-26/h6-8,10,15-16,19-20,29H,1-5,9,11-14H2/t19-,20-/m0/s1. The van der Waals surface area contributed by atoms with Gasteiger partial charge in [-0.25, -0.2) is 9.37 Å². The predicted octanol–water partition coefficient (Wildman–Crippen LogP) is 4.16. The van der Waals surface area contributed by atoms with E-state index >= 15 is 0 Å². The van der Waals surface area contributed by atoms with Gasteiger partial charge in [0.15, 0.2) is 0 Å². The number of aromatic nitrogens is 1. The van der Waals surface area contributed by atoms with Crippen molar-refractivity contribution in [1.82, 2.24) is 4.98 Å². The Morgan fingerprint density at radius 1 is 0.862 bits per heavy atom. The third-order valence-corrected chi connectivity index (χ3v) is 6.80.